The van der Waals surface area contributed by atoms with Crippen molar-refractivity contribution in [1.29, 1.82) is 0 Å². The van der Waals surface area contributed by atoms with E-state index in [0.29, 0.717) is 10.9 Å². The third-order valence-corrected chi connectivity index (χ3v) is 3.10. The smallest absolute Gasteiger partial charge is 0.351 e. The van der Waals surface area contributed by atoms with Crippen molar-refractivity contribution < 1.29 is 13.2 Å². The molecule has 0 saturated carbocycles. The molecule has 0 radical (unpaired) electrons. The van der Waals surface area contributed by atoms with Crippen LogP contribution in [0.2, 0.25) is 0 Å². The molecule has 1 aromatic heterocycles. The van der Waals surface area contributed by atoms with Gasteiger partial charge in [0.25, 0.3) is 0 Å². The highest BCUT2D eigenvalue weighted by molar-refractivity contribution is 5.88. The summed E-state index contributed by atoms with van der Waals surface area (Å²) in [6, 6.07) is 3.50. The lowest BCUT2D eigenvalue weighted by atomic mass is 10.0. The molecule has 0 fully saturated rings. The third-order valence-electron chi connectivity index (χ3n) is 3.10. The van der Waals surface area contributed by atoms with E-state index in [-0.39, 0.29) is 12.1 Å². The summed E-state index contributed by atoms with van der Waals surface area (Å²) >= 11 is 0. The number of aromatic amines is 1. The van der Waals surface area contributed by atoms with E-state index in [4.69, 9.17) is 5.73 Å². The molecule has 0 amide bonds. The molecule has 0 aliphatic heterocycles. The Balaban J connectivity index is 2.84. The van der Waals surface area contributed by atoms with Gasteiger partial charge in [0.1, 0.15) is 5.69 Å². The van der Waals surface area contributed by atoms with Crippen LogP contribution in [0, 0.1) is 13.8 Å². The van der Waals surface area contributed by atoms with Crippen molar-refractivity contribution in [3.63, 3.8) is 0 Å². The number of aromatic nitrogens is 1. The van der Waals surface area contributed by atoms with E-state index < -0.39 is 11.9 Å². The molecule has 0 spiro atoms. The molecule has 0 bridgehead atoms. The SMILES string of the molecule is Cc1ccc2c(CN)c(C(F)(F)F)[nH]c2c1C. The van der Waals surface area contributed by atoms with Crippen molar-refractivity contribution in [2.45, 2.75) is 26.6 Å². The molecule has 2 aromatic rings. The first kappa shape index (κ1) is 12.0. The second kappa shape index (κ2) is 3.77. The van der Waals surface area contributed by atoms with Crippen molar-refractivity contribution in [2.24, 2.45) is 5.73 Å². The van der Waals surface area contributed by atoms with E-state index in [2.05, 4.69) is 4.98 Å². The van der Waals surface area contributed by atoms with Gasteiger partial charge in [-0.25, -0.2) is 0 Å². The highest BCUT2D eigenvalue weighted by Crippen LogP contribution is 2.36. The molecule has 2 nitrogen and oxygen atoms in total. The number of alkyl halides is 3. The van der Waals surface area contributed by atoms with Gasteiger partial charge < -0.3 is 10.7 Å². The van der Waals surface area contributed by atoms with Gasteiger partial charge in [0.2, 0.25) is 0 Å². The van der Waals surface area contributed by atoms with E-state index >= 15 is 0 Å². The Bertz CT molecular complexity index is 567. The second-order valence-electron chi connectivity index (χ2n) is 4.11. The highest BCUT2D eigenvalue weighted by Gasteiger charge is 2.36. The summed E-state index contributed by atoms with van der Waals surface area (Å²) in [4.78, 5) is 2.46. The summed E-state index contributed by atoms with van der Waals surface area (Å²) in [5.41, 5.74) is 7.14. The van der Waals surface area contributed by atoms with Gasteiger partial charge in [-0.15, -0.1) is 0 Å². The van der Waals surface area contributed by atoms with Crippen molar-refractivity contribution in [2.75, 3.05) is 0 Å². The third kappa shape index (κ3) is 1.80. The Morgan fingerprint density at radius 3 is 2.41 bits per heavy atom. The minimum Gasteiger partial charge on any atom is -0.351 e. The van der Waals surface area contributed by atoms with Gasteiger partial charge in [0.15, 0.2) is 0 Å². The Labute approximate surface area is 96.6 Å². The Morgan fingerprint density at radius 1 is 1.24 bits per heavy atom. The minimum atomic E-state index is -4.39. The number of H-pyrrole nitrogens is 1. The van der Waals surface area contributed by atoms with Crippen LogP contribution in [0.25, 0.3) is 10.9 Å². The molecular formula is C12H13F3N2. The predicted molar refractivity (Wildman–Crippen MR) is 60.7 cm³/mol. The predicted octanol–water partition coefficient (Wildman–Crippen LogP) is 3.26. The first-order valence-corrected chi connectivity index (χ1v) is 5.24. The van der Waals surface area contributed by atoms with Crippen LogP contribution < -0.4 is 5.73 Å². The highest BCUT2D eigenvalue weighted by atomic mass is 19.4. The molecule has 0 saturated heterocycles. The summed E-state index contributed by atoms with van der Waals surface area (Å²) in [6.07, 6.45) is -4.39. The standard InChI is InChI=1S/C12H13F3N2/c1-6-3-4-8-9(5-16)11(12(13,14)15)17-10(8)7(6)2/h3-4,17H,5,16H2,1-2H3. The van der Waals surface area contributed by atoms with E-state index in [1.165, 1.54) is 0 Å². The van der Waals surface area contributed by atoms with Gasteiger partial charge in [-0.05, 0) is 25.0 Å². The van der Waals surface area contributed by atoms with Gasteiger partial charge in [-0.3, -0.25) is 0 Å². The van der Waals surface area contributed by atoms with E-state index in [1.54, 1.807) is 13.0 Å². The molecule has 17 heavy (non-hydrogen) atoms. The molecule has 1 heterocycles. The minimum absolute atomic E-state index is 0.128. The Hall–Kier alpha value is -1.49. The van der Waals surface area contributed by atoms with Crippen LogP contribution in [0.15, 0.2) is 12.1 Å². The molecule has 1 aromatic carbocycles. The van der Waals surface area contributed by atoms with Crippen molar-refractivity contribution in [3.8, 4) is 0 Å². The van der Waals surface area contributed by atoms with Crippen molar-refractivity contribution in [3.05, 3.63) is 34.5 Å². The maximum absolute atomic E-state index is 12.8. The Kier molecular flexibility index (Phi) is 2.66. The van der Waals surface area contributed by atoms with E-state index in [1.807, 2.05) is 13.0 Å². The monoisotopic (exact) mass is 242 g/mol. The summed E-state index contributed by atoms with van der Waals surface area (Å²) in [7, 11) is 0. The number of hydrogen-bond donors (Lipinski definition) is 2. The molecule has 92 valence electrons. The summed E-state index contributed by atoms with van der Waals surface area (Å²) in [6.45, 7) is 3.54. The van der Waals surface area contributed by atoms with Crippen LogP contribution in [0.4, 0.5) is 13.2 Å². The van der Waals surface area contributed by atoms with Crippen LogP contribution in [-0.4, -0.2) is 4.98 Å². The lowest BCUT2D eigenvalue weighted by Crippen LogP contribution is -2.11. The number of aryl methyl sites for hydroxylation is 2. The van der Waals surface area contributed by atoms with Crippen LogP contribution in [0.5, 0.6) is 0 Å². The fourth-order valence-electron chi connectivity index (χ4n) is 2.02. The lowest BCUT2D eigenvalue weighted by molar-refractivity contribution is -0.141. The zero-order chi connectivity index (χ0) is 12.8. The molecule has 2 rings (SSSR count). The number of nitrogens with two attached hydrogens (primary N) is 1. The molecule has 0 unspecified atom stereocenters. The van der Waals surface area contributed by atoms with E-state index in [9.17, 15) is 13.2 Å². The first-order valence-electron chi connectivity index (χ1n) is 5.24. The zero-order valence-electron chi connectivity index (χ0n) is 9.57. The quantitative estimate of drug-likeness (QED) is 0.791. The largest absolute Gasteiger partial charge is 0.431 e. The van der Waals surface area contributed by atoms with Gasteiger partial charge in [0, 0.05) is 23.0 Å². The average Bonchev–Trinajstić information content (AvgIpc) is 2.62. The summed E-state index contributed by atoms with van der Waals surface area (Å²) < 4.78 is 38.5. The van der Waals surface area contributed by atoms with Gasteiger partial charge in [-0.2, -0.15) is 13.2 Å². The number of rotatable bonds is 1. The first-order chi connectivity index (χ1) is 7.86. The van der Waals surface area contributed by atoms with Crippen LogP contribution in [0.1, 0.15) is 22.4 Å². The molecule has 5 heteroatoms. The van der Waals surface area contributed by atoms with Crippen LogP contribution in [0.3, 0.4) is 0 Å². The van der Waals surface area contributed by atoms with Gasteiger partial charge in [-0.1, -0.05) is 12.1 Å². The number of hydrogen-bond acceptors (Lipinski definition) is 1. The second-order valence-corrected chi connectivity index (χ2v) is 4.11. The molecule has 0 aliphatic carbocycles. The number of halogens is 3. The molecule has 0 atom stereocenters. The molecule has 3 N–H and O–H groups in total. The number of benzene rings is 1. The van der Waals surface area contributed by atoms with E-state index in [0.717, 1.165) is 11.1 Å². The summed E-state index contributed by atoms with van der Waals surface area (Å²) in [5, 5.41) is 0.558. The summed E-state index contributed by atoms with van der Waals surface area (Å²) in [5.74, 6) is 0. The maximum atomic E-state index is 12.8. The van der Waals surface area contributed by atoms with Gasteiger partial charge in [0.05, 0.1) is 0 Å². The average molecular weight is 242 g/mol. The number of nitrogens with one attached hydrogen (secondary N) is 1. The zero-order valence-corrected chi connectivity index (χ0v) is 9.57. The normalized spacial score (nSPS) is 12.4. The number of fused-ring (bicyclic) bond motifs is 1. The fraction of sp³-hybridized carbons (Fsp3) is 0.333. The van der Waals surface area contributed by atoms with Gasteiger partial charge >= 0.3 is 6.18 Å². The topological polar surface area (TPSA) is 41.8 Å². The maximum Gasteiger partial charge on any atom is 0.431 e. The van der Waals surface area contributed by atoms with Crippen LogP contribution in [-0.2, 0) is 12.7 Å². The molecular weight excluding hydrogens is 229 g/mol. The van der Waals surface area contributed by atoms with Crippen molar-refractivity contribution in [1.82, 2.24) is 4.98 Å². The van der Waals surface area contributed by atoms with Crippen molar-refractivity contribution >= 4 is 10.9 Å². The molecule has 0 aliphatic rings. The van der Waals surface area contributed by atoms with Crippen LogP contribution >= 0.6 is 0 Å². The lowest BCUT2D eigenvalue weighted by Gasteiger charge is -2.05. The Morgan fingerprint density at radius 2 is 1.88 bits per heavy atom. The fourth-order valence-corrected chi connectivity index (χ4v) is 2.02.